The first-order valence-corrected chi connectivity index (χ1v) is 5.14. The molecule has 0 atom stereocenters. The number of Topliss-reactive ketones (excluding diaryl/α,β-unsaturated/α-hetero) is 1. The van der Waals surface area contributed by atoms with Gasteiger partial charge in [-0.1, -0.05) is 6.92 Å². The zero-order valence-corrected chi connectivity index (χ0v) is 9.79. The fraction of sp³-hybridized carbons (Fsp3) is 0.600. The molecule has 0 amide bonds. The zero-order valence-electron chi connectivity index (χ0n) is 9.79. The lowest BCUT2D eigenvalue weighted by Gasteiger charge is -2.15. The minimum absolute atomic E-state index is 0.0513. The third-order valence-corrected chi connectivity index (χ3v) is 2.18. The molecule has 1 heterocycles. The van der Waals surface area contributed by atoms with Gasteiger partial charge in [0.1, 0.15) is 5.69 Å². The number of hydrogen-bond donors (Lipinski definition) is 0. The van der Waals surface area contributed by atoms with Crippen LogP contribution in [-0.2, 0) is 7.05 Å². The molecule has 0 aliphatic rings. The van der Waals surface area contributed by atoms with Gasteiger partial charge >= 0.3 is 12.3 Å². The molecule has 0 saturated heterocycles. The van der Waals surface area contributed by atoms with Crippen LogP contribution in [-0.4, -0.2) is 34.5 Å². The van der Waals surface area contributed by atoms with E-state index >= 15 is 0 Å². The smallest absolute Gasteiger partial charge is 0.340 e. The molecule has 1 aromatic heterocycles. The van der Waals surface area contributed by atoms with Gasteiger partial charge in [0.15, 0.2) is 12.4 Å². The lowest BCUT2D eigenvalue weighted by atomic mass is 10.2. The van der Waals surface area contributed by atoms with Crippen molar-refractivity contribution in [2.45, 2.75) is 25.7 Å². The van der Waals surface area contributed by atoms with E-state index in [-0.39, 0.29) is 23.8 Å². The maximum absolute atomic E-state index is 12.6. The van der Waals surface area contributed by atoms with E-state index in [0.29, 0.717) is 0 Å². The maximum Gasteiger partial charge on any atom is 0.340 e. The third kappa shape index (κ3) is 3.21. The highest BCUT2D eigenvalue weighted by Crippen LogP contribution is 2.24. The first kappa shape index (κ1) is 14.5. The van der Waals surface area contributed by atoms with Crippen molar-refractivity contribution >= 4 is 5.78 Å². The normalized spacial score (nSPS) is 11.9. The molecule has 1 aromatic rings. The number of ketones is 1. The summed E-state index contributed by atoms with van der Waals surface area (Å²) in [6, 6.07) is 1.15. The standard InChI is InChI=1S/C10H12F4N2O2/c1-3-7(17)6-4-8(16(2)15-6)18-5-10(13,14)9(11)12/h4,9H,3,5H2,1-2H3. The lowest BCUT2D eigenvalue weighted by molar-refractivity contribution is -0.149. The summed E-state index contributed by atoms with van der Waals surface area (Å²) >= 11 is 0. The monoisotopic (exact) mass is 268 g/mol. The quantitative estimate of drug-likeness (QED) is 0.587. The fourth-order valence-corrected chi connectivity index (χ4v) is 1.14. The first-order chi connectivity index (χ1) is 8.27. The summed E-state index contributed by atoms with van der Waals surface area (Å²) in [7, 11) is 1.36. The average Bonchev–Trinajstić information content (AvgIpc) is 2.67. The highest BCUT2D eigenvalue weighted by molar-refractivity contribution is 5.94. The van der Waals surface area contributed by atoms with Gasteiger partial charge in [-0.05, 0) is 0 Å². The Morgan fingerprint density at radius 3 is 2.67 bits per heavy atom. The Morgan fingerprint density at radius 1 is 1.56 bits per heavy atom. The van der Waals surface area contributed by atoms with Crippen LogP contribution in [0.3, 0.4) is 0 Å². The van der Waals surface area contributed by atoms with Crippen LogP contribution in [0.25, 0.3) is 0 Å². The van der Waals surface area contributed by atoms with Gasteiger partial charge in [-0.3, -0.25) is 4.79 Å². The summed E-state index contributed by atoms with van der Waals surface area (Å²) in [6.07, 6.45) is -3.61. The van der Waals surface area contributed by atoms with E-state index in [9.17, 15) is 22.4 Å². The van der Waals surface area contributed by atoms with E-state index in [1.54, 1.807) is 6.92 Å². The van der Waals surface area contributed by atoms with Gasteiger partial charge in [-0.25, -0.2) is 13.5 Å². The number of rotatable bonds is 6. The van der Waals surface area contributed by atoms with E-state index in [0.717, 1.165) is 10.7 Å². The molecular weight excluding hydrogens is 256 g/mol. The summed E-state index contributed by atoms with van der Waals surface area (Å²) in [6.45, 7) is 0.145. The number of halogens is 4. The Bertz CT molecular complexity index is 432. The number of carbonyl (C=O) groups is 1. The van der Waals surface area contributed by atoms with Crippen LogP contribution >= 0.6 is 0 Å². The van der Waals surface area contributed by atoms with E-state index in [1.165, 1.54) is 7.05 Å². The topological polar surface area (TPSA) is 44.1 Å². The minimum atomic E-state index is -4.24. The zero-order chi connectivity index (χ0) is 13.9. The summed E-state index contributed by atoms with van der Waals surface area (Å²) in [5.41, 5.74) is 0.0513. The summed E-state index contributed by atoms with van der Waals surface area (Å²) < 4.78 is 54.6. The van der Waals surface area contributed by atoms with Gasteiger partial charge in [0, 0.05) is 19.5 Å². The Kier molecular flexibility index (Phi) is 4.31. The summed E-state index contributed by atoms with van der Waals surface area (Å²) in [5.74, 6) is -4.69. The fourth-order valence-electron chi connectivity index (χ4n) is 1.14. The van der Waals surface area contributed by atoms with Crippen LogP contribution in [0.4, 0.5) is 17.6 Å². The predicted octanol–water partition coefficient (Wildman–Crippen LogP) is 2.29. The van der Waals surface area contributed by atoms with Gasteiger partial charge in [0.25, 0.3) is 0 Å². The van der Waals surface area contributed by atoms with Gasteiger partial charge in [0.05, 0.1) is 0 Å². The Balaban J connectivity index is 2.74. The molecule has 102 valence electrons. The van der Waals surface area contributed by atoms with Crippen LogP contribution in [0.2, 0.25) is 0 Å². The van der Waals surface area contributed by atoms with Gasteiger partial charge < -0.3 is 4.74 Å². The third-order valence-electron chi connectivity index (χ3n) is 2.18. The molecule has 0 aliphatic heterocycles. The Hall–Kier alpha value is -1.60. The molecule has 8 heteroatoms. The Morgan fingerprint density at radius 2 is 2.17 bits per heavy atom. The van der Waals surface area contributed by atoms with Crippen LogP contribution < -0.4 is 4.74 Å². The number of nitrogens with zero attached hydrogens (tertiary/aromatic N) is 2. The molecule has 1 rings (SSSR count). The second kappa shape index (κ2) is 5.36. The number of aromatic nitrogens is 2. The van der Waals surface area contributed by atoms with Crippen molar-refractivity contribution in [1.82, 2.24) is 9.78 Å². The maximum atomic E-state index is 12.6. The van der Waals surface area contributed by atoms with Gasteiger partial charge in [-0.2, -0.15) is 13.9 Å². The molecule has 4 nitrogen and oxygen atoms in total. The number of hydrogen-bond acceptors (Lipinski definition) is 3. The van der Waals surface area contributed by atoms with Gasteiger partial charge in [-0.15, -0.1) is 0 Å². The second-order valence-corrected chi connectivity index (χ2v) is 3.62. The molecule has 0 aliphatic carbocycles. The van der Waals surface area contributed by atoms with Crippen LogP contribution in [0.5, 0.6) is 5.88 Å². The van der Waals surface area contributed by atoms with Crippen molar-refractivity contribution in [1.29, 1.82) is 0 Å². The average molecular weight is 268 g/mol. The molecule has 0 N–H and O–H groups in total. The molecular formula is C10H12F4N2O2. The van der Waals surface area contributed by atoms with Crippen LogP contribution in [0, 0.1) is 0 Å². The number of aryl methyl sites for hydroxylation is 1. The van der Waals surface area contributed by atoms with Crippen molar-refractivity contribution in [3.63, 3.8) is 0 Å². The highest BCUT2D eigenvalue weighted by Gasteiger charge is 2.42. The van der Waals surface area contributed by atoms with Crippen LogP contribution in [0.15, 0.2) is 6.07 Å². The highest BCUT2D eigenvalue weighted by atomic mass is 19.3. The number of alkyl halides is 4. The Labute approximate surface area is 101 Å². The molecule has 0 spiro atoms. The molecule has 0 saturated carbocycles. The molecule has 0 fully saturated rings. The van der Waals surface area contributed by atoms with Crippen molar-refractivity contribution in [2.75, 3.05) is 6.61 Å². The molecule has 0 bridgehead atoms. The van der Waals surface area contributed by atoms with Crippen molar-refractivity contribution in [2.24, 2.45) is 7.05 Å². The van der Waals surface area contributed by atoms with E-state index in [2.05, 4.69) is 9.84 Å². The molecule has 0 aromatic carbocycles. The summed E-state index contributed by atoms with van der Waals surface area (Å²) in [4.78, 5) is 11.3. The first-order valence-electron chi connectivity index (χ1n) is 5.14. The molecule has 0 unspecified atom stereocenters. The van der Waals surface area contributed by atoms with E-state index in [4.69, 9.17) is 0 Å². The molecule has 18 heavy (non-hydrogen) atoms. The van der Waals surface area contributed by atoms with E-state index in [1.807, 2.05) is 0 Å². The number of carbonyl (C=O) groups excluding carboxylic acids is 1. The van der Waals surface area contributed by atoms with Crippen molar-refractivity contribution in [3.05, 3.63) is 11.8 Å². The van der Waals surface area contributed by atoms with Crippen molar-refractivity contribution in [3.8, 4) is 5.88 Å². The minimum Gasteiger partial charge on any atom is -0.471 e. The van der Waals surface area contributed by atoms with Crippen molar-refractivity contribution < 1.29 is 27.1 Å². The number of ether oxygens (including phenoxy) is 1. The van der Waals surface area contributed by atoms with Gasteiger partial charge in [0.2, 0.25) is 5.88 Å². The van der Waals surface area contributed by atoms with E-state index < -0.39 is 19.0 Å². The lowest BCUT2D eigenvalue weighted by Crippen LogP contribution is -2.34. The largest absolute Gasteiger partial charge is 0.471 e. The molecule has 0 radical (unpaired) electrons. The van der Waals surface area contributed by atoms with Crippen LogP contribution in [0.1, 0.15) is 23.8 Å². The second-order valence-electron chi connectivity index (χ2n) is 3.62. The predicted molar refractivity (Wildman–Crippen MR) is 54.3 cm³/mol. The summed E-state index contributed by atoms with van der Waals surface area (Å²) in [5, 5.41) is 3.74. The SMILES string of the molecule is CCC(=O)c1cc(OCC(F)(F)C(F)F)n(C)n1.